The fourth-order valence-corrected chi connectivity index (χ4v) is 7.54. The average molecular weight is 1060 g/mol. The molecule has 0 N–H and O–H groups in total. The first kappa shape index (κ1) is 74.6. The number of benzene rings is 8. The Morgan fingerprint density at radius 3 is 0.506 bits per heavy atom. The molecule has 1 fully saturated rings. The quantitative estimate of drug-likeness (QED) is 0.120. The zero-order valence-electron chi connectivity index (χ0n) is 52.4. The van der Waals surface area contributed by atoms with Crippen molar-refractivity contribution in [3.8, 4) is 0 Å². The van der Waals surface area contributed by atoms with Crippen molar-refractivity contribution in [2.75, 3.05) is 0 Å². The molecular weight excluding hydrogens is 949 g/mol. The van der Waals surface area contributed by atoms with Gasteiger partial charge in [-0.2, -0.15) is 0 Å². The van der Waals surface area contributed by atoms with E-state index in [2.05, 4.69) is 276 Å². The van der Waals surface area contributed by atoms with Crippen LogP contribution >= 0.6 is 0 Å². The third-order valence-corrected chi connectivity index (χ3v) is 12.8. The van der Waals surface area contributed by atoms with E-state index < -0.39 is 0 Å². The Hall–Kier alpha value is -6.50. The fourth-order valence-electron chi connectivity index (χ4n) is 7.54. The van der Waals surface area contributed by atoms with E-state index in [0.717, 1.165) is 63.7 Å². The van der Waals surface area contributed by atoms with Crippen molar-refractivity contribution in [3.63, 3.8) is 0 Å². The molecule has 0 heterocycles. The van der Waals surface area contributed by atoms with Crippen LogP contribution in [0.4, 0.5) is 0 Å². The zero-order chi connectivity index (χ0) is 58.5. The Bertz CT molecular complexity index is 1860. The van der Waals surface area contributed by atoms with E-state index in [-0.39, 0.29) is 0 Å². The van der Waals surface area contributed by atoms with Crippen LogP contribution in [0.3, 0.4) is 0 Å². The minimum Gasteiger partial charge on any atom is -0.0917 e. The van der Waals surface area contributed by atoms with E-state index in [4.69, 9.17) is 0 Å². The summed E-state index contributed by atoms with van der Waals surface area (Å²) in [6, 6.07) is 83.6. The molecule has 1 aliphatic carbocycles. The van der Waals surface area contributed by atoms with E-state index in [1.165, 1.54) is 83.0 Å². The first-order valence-electron chi connectivity index (χ1n) is 30.7. The molecule has 8 aromatic carbocycles. The highest BCUT2D eigenvalue weighted by Crippen LogP contribution is 2.25. The van der Waals surface area contributed by atoms with Crippen molar-refractivity contribution in [1.82, 2.24) is 0 Å². The molecule has 8 aromatic rings. The molecule has 9 rings (SSSR count). The summed E-state index contributed by atoms with van der Waals surface area (Å²) >= 11 is 0. The summed E-state index contributed by atoms with van der Waals surface area (Å²) < 4.78 is 0. The standard InChI is InChI=1S/C8H16.8C8H10.C5H10.C2H6/c9*1-2-8-6-4-3-5-7-8;1-3-5-4-2;1-2/h8H,2-7H2,1H3;8*3-7H,2H2,1H3;3,5H,4H2,1-2H3;1-2H3. The van der Waals surface area contributed by atoms with Crippen molar-refractivity contribution in [3.05, 3.63) is 299 Å². The van der Waals surface area contributed by atoms with E-state index in [1.807, 2.05) is 69.3 Å². The molecule has 0 atom stereocenters. The second-order valence-electron chi connectivity index (χ2n) is 18.6. The van der Waals surface area contributed by atoms with Crippen molar-refractivity contribution in [1.29, 1.82) is 0 Å². The SMILES string of the molecule is CC.CC=CCC.CCC1CCCCC1.CCc1ccccc1.CCc1ccccc1.CCc1ccccc1.CCc1ccccc1.CCc1ccccc1.CCc1ccccc1.CCc1ccccc1.CCc1ccccc1. The third-order valence-electron chi connectivity index (χ3n) is 12.8. The maximum absolute atomic E-state index is 2.32. The Kier molecular flexibility index (Phi) is 55.9. The Balaban J connectivity index is 0. The highest BCUT2D eigenvalue weighted by atomic mass is 14.2. The molecule has 1 aliphatic rings. The summed E-state index contributed by atoms with van der Waals surface area (Å²) in [5, 5.41) is 0. The third kappa shape index (κ3) is 47.2. The van der Waals surface area contributed by atoms with E-state index in [0.29, 0.717) is 0 Å². The van der Waals surface area contributed by atoms with Crippen LogP contribution in [0.15, 0.2) is 255 Å². The van der Waals surface area contributed by atoms with Crippen molar-refractivity contribution < 1.29 is 0 Å². The fraction of sp³-hybridized carbons (Fsp3) is 0.367. The highest BCUT2D eigenvalue weighted by Gasteiger charge is 2.09. The van der Waals surface area contributed by atoms with Gasteiger partial charge in [-0.15, -0.1) is 0 Å². The molecule has 1 saturated carbocycles. The maximum atomic E-state index is 2.32. The van der Waals surface area contributed by atoms with Crippen LogP contribution in [0.5, 0.6) is 0 Å². The number of allylic oxidation sites excluding steroid dienone is 2. The van der Waals surface area contributed by atoms with Gasteiger partial charge in [0, 0.05) is 0 Å². The predicted molar refractivity (Wildman–Crippen MR) is 360 cm³/mol. The van der Waals surface area contributed by atoms with E-state index in [1.54, 1.807) is 0 Å². The highest BCUT2D eigenvalue weighted by molar-refractivity contribution is 5.18. The summed E-state index contributed by atoms with van der Waals surface area (Å²) in [4.78, 5) is 0. The maximum Gasteiger partial charge on any atom is -0.0307 e. The molecule has 0 aromatic heterocycles. The van der Waals surface area contributed by atoms with Gasteiger partial charge in [-0.05, 0) is 115 Å². The van der Waals surface area contributed by atoms with Crippen LogP contribution < -0.4 is 0 Å². The van der Waals surface area contributed by atoms with Crippen molar-refractivity contribution in [2.24, 2.45) is 5.92 Å². The molecule has 0 amide bonds. The molecule has 0 spiro atoms. The van der Waals surface area contributed by atoms with Gasteiger partial charge in [0.15, 0.2) is 0 Å². The topological polar surface area (TPSA) is 0 Å². The van der Waals surface area contributed by atoms with Gasteiger partial charge in [0.05, 0.1) is 0 Å². The molecule has 0 radical (unpaired) electrons. The molecule has 79 heavy (non-hydrogen) atoms. The average Bonchev–Trinajstić information content (AvgIpc) is 3.56. The van der Waals surface area contributed by atoms with Crippen molar-refractivity contribution >= 4 is 0 Å². The van der Waals surface area contributed by atoms with E-state index in [9.17, 15) is 0 Å². The lowest BCUT2D eigenvalue weighted by Crippen LogP contribution is -2.03. The summed E-state index contributed by atoms with van der Waals surface area (Å²) in [5.41, 5.74) is 11.3. The molecule has 428 valence electrons. The second-order valence-corrected chi connectivity index (χ2v) is 18.6. The lowest BCUT2D eigenvalue weighted by Gasteiger charge is -2.18. The second kappa shape index (κ2) is 59.2. The number of hydrogen-bond donors (Lipinski definition) is 0. The summed E-state index contributed by atoms with van der Waals surface area (Å²) in [5.74, 6) is 1.09. The number of rotatable bonds is 10. The first-order valence-corrected chi connectivity index (χ1v) is 30.7. The molecule has 0 unspecified atom stereocenters. The molecular formula is C79H112. The van der Waals surface area contributed by atoms with Gasteiger partial charge in [-0.25, -0.2) is 0 Å². The van der Waals surface area contributed by atoms with Crippen LogP contribution in [0.1, 0.15) is 179 Å². The van der Waals surface area contributed by atoms with Gasteiger partial charge >= 0.3 is 0 Å². The largest absolute Gasteiger partial charge is 0.0917 e. The number of aryl methyl sites for hydroxylation is 8. The smallest absolute Gasteiger partial charge is 0.0307 e. The molecule has 0 nitrogen and oxygen atoms in total. The van der Waals surface area contributed by atoms with E-state index >= 15 is 0 Å². The minimum atomic E-state index is 1.09. The van der Waals surface area contributed by atoms with Gasteiger partial charge in [0.2, 0.25) is 0 Å². The van der Waals surface area contributed by atoms with Gasteiger partial charge < -0.3 is 0 Å². The minimum absolute atomic E-state index is 1.09. The summed E-state index contributed by atoms with van der Waals surface area (Å²) in [6.45, 7) is 27.8. The Labute approximate surface area is 489 Å². The van der Waals surface area contributed by atoms with Crippen LogP contribution in [-0.4, -0.2) is 0 Å². The first-order chi connectivity index (χ1) is 38.8. The van der Waals surface area contributed by atoms with Gasteiger partial charge in [-0.1, -0.05) is 376 Å². The normalized spacial score (nSPS) is 10.5. The molecule has 0 aliphatic heterocycles. The molecule has 0 bridgehead atoms. The van der Waals surface area contributed by atoms with Crippen molar-refractivity contribution in [2.45, 2.75) is 186 Å². The zero-order valence-corrected chi connectivity index (χ0v) is 52.4. The monoisotopic (exact) mass is 1060 g/mol. The van der Waals surface area contributed by atoms with Crippen LogP contribution in [0.25, 0.3) is 0 Å². The lowest BCUT2D eigenvalue weighted by molar-refractivity contribution is 0.349. The lowest BCUT2D eigenvalue weighted by atomic mass is 9.88. The van der Waals surface area contributed by atoms with Gasteiger partial charge in [-0.3, -0.25) is 0 Å². The molecule has 0 saturated heterocycles. The van der Waals surface area contributed by atoms with Crippen LogP contribution in [0, 0.1) is 5.92 Å². The Morgan fingerprint density at radius 2 is 0.430 bits per heavy atom. The van der Waals surface area contributed by atoms with Gasteiger partial charge in [0.1, 0.15) is 0 Å². The summed E-state index contributed by atoms with van der Waals surface area (Å²) in [6.07, 6.45) is 23.4. The van der Waals surface area contributed by atoms with Gasteiger partial charge in [0.25, 0.3) is 0 Å². The number of hydrogen-bond acceptors (Lipinski definition) is 0. The van der Waals surface area contributed by atoms with Crippen LogP contribution in [-0.2, 0) is 51.4 Å². The molecule has 0 heteroatoms. The van der Waals surface area contributed by atoms with Crippen LogP contribution in [0.2, 0.25) is 0 Å². The predicted octanol–water partition coefficient (Wildman–Crippen LogP) is 24.0. The Morgan fingerprint density at radius 1 is 0.266 bits per heavy atom. The summed E-state index contributed by atoms with van der Waals surface area (Å²) in [7, 11) is 0.